The molecule has 3 aromatic carbocycles. The van der Waals surface area contributed by atoms with Crippen molar-refractivity contribution in [3.05, 3.63) is 83.4 Å². The molecule has 2 atom stereocenters. The van der Waals surface area contributed by atoms with Crippen LogP contribution in [0.2, 0.25) is 0 Å². The lowest BCUT2D eigenvalue weighted by molar-refractivity contribution is -0.119. The van der Waals surface area contributed by atoms with Crippen LogP contribution in [-0.4, -0.2) is 35.5 Å². The van der Waals surface area contributed by atoms with Gasteiger partial charge in [-0.25, -0.2) is 4.98 Å². The summed E-state index contributed by atoms with van der Waals surface area (Å²) < 4.78 is 12.0. The summed E-state index contributed by atoms with van der Waals surface area (Å²) in [4.78, 5) is 33.1. The summed E-state index contributed by atoms with van der Waals surface area (Å²) in [6.07, 6.45) is 0. The number of anilines is 1. The number of benzene rings is 3. The molecule has 164 valence electrons. The van der Waals surface area contributed by atoms with E-state index in [0.717, 1.165) is 15.8 Å². The van der Waals surface area contributed by atoms with Gasteiger partial charge in [0.2, 0.25) is 12.7 Å². The van der Waals surface area contributed by atoms with Gasteiger partial charge in [-0.15, -0.1) is 0 Å². The molecule has 0 saturated carbocycles. The second-order valence-corrected chi connectivity index (χ2v) is 9.05. The quantitative estimate of drug-likeness (QED) is 0.487. The number of amides is 2. The van der Waals surface area contributed by atoms with Crippen molar-refractivity contribution >= 4 is 38.5 Å². The molecule has 33 heavy (non-hydrogen) atoms. The molecule has 2 aliphatic rings. The number of aromatic nitrogens is 1. The van der Waals surface area contributed by atoms with Crippen molar-refractivity contribution in [2.24, 2.45) is 0 Å². The number of para-hydroxylation sites is 1. The van der Waals surface area contributed by atoms with Gasteiger partial charge in [0.15, 0.2) is 16.6 Å². The second kappa shape index (κ2) is 7.60. The van der Waals surface area contributed by atoms with Crippen LogP contribution >= 0.6 is 11.3 Å². The van der Waals surface area contributed by atoms with E-state index in [2.05, 4.69) is 10.3 Å². The topological polar surface area (TPSA) is 80.8 Å². The number of hydrogen-bond donors (Lipinski definition) is 1. The fraction of sp³-hybridized carbons (Fsp3) is 0.160. The van der Waals surface area contributed by atoms with Crippen molar-refractivity contribution in [2.45, 2.75) is 12.0 Å². The van der Waals surface area contributed by atoms with E-state index in [-0.39, 0.29) is 18.6 Å². The highest BCUT2D eigenvalue weighted by molar-refractivity contribution is 7.22. The number of nitrogens with zero attached hydrogens (tertiary/aromatic N) is 2. The zero-order chi connectivity index (χ0) is 22.5. The monoisotopic (exact) mass is 457 g/mol. The Labute approximate surface area is 193 Å². The molecule has 0 bridgehead atoms. The number of fused-ring (bicyclic) bond motifs is 3. The Morgan fingerprint density at radius 1 is 1.06 bits per heavy atom. The number of thiazole rings is 1. The van der Waals surface area contributed by atoms with Crippen LogP contribution in [0.4, 0.5) is 5.13 Å². The van der Waals surface area contributed by atoms with Crippen molar-refractivity contribution in [1.29, 1.82) is 0 Å². The molecule has 0 spiro atoms. The SMILES string of the molecule is CN1C(=O)c2ccccc2[C@H](C(=O)Nc2nc3ccccc3s2)[C@H]1c1ccc2c(c1)OCO2. The van der Waals surface area contributed by atoms with Crippen molar-refractivity contribution in [3.63, 3.8) is 0 Å². The molecule has 1 aromatic heterocycles. The van der Waals surface area contributed by atoms with Crippen LogP contribution in [0.25, 0.3) is 10.2 Å². The first-order valence-corrected chi connectivity index (χ1v) is 11.3. The Hall–Kier alpha value is -3.91. The van der Waals surface area contributed by atoms with Crippen LogP contribution in [0.15, 0.2) is 66.7 Å². The summed E-state index contributed by atoms with van der Waals surface area (Å²) in [6, 6.07) is 20.1. The molecule has 0 saturated heterocycles. The Kier molecular flexibility index (Phi) is 4.55. The highest BCUT2D eigenvalue weighted by atomic mass is 32.1. The van der Waals surface area contributed by atoms with Gasteiger partial charge >= 0.3 is 0 Å². The predicted octanol–water partition coefficient (Wildman–Crippen LogP) is 4.57. The van der Waals surface area contributed by atoms with Crippen molar-refractivity contribution < 1.29 is 19.1 Å². The van der Waals surface area contributed by atoms with Gasteiger partial charge in [-0.1, -0.05) is 47.7 Å². The van der Waals surface area contributed by atoms with Gasteiger partial charge in [0, 0.05) is 12.6 Å². The largest absolute Gasteiger partial charge is 0.454 e. The number of hydrogen-bond acceptors (Lipinski definition) is 6. The number of carbonyl (C=O) groups excluding carboxylic acids is 2. The third-order valence-electron chi connectivity index (χ3n) is 6.12. The highest BCUT2D eigenvalue weighted by Gasteiger charge is 2.43. The molecule has 2 amide bonds. The van der Waals surface area contributed by atoms with E-state index in [1.165, 1.54) is 11.3 Å². The molecule has 0 fully saturated rings. The van der Waals surface area contributed by atoms with Gasteiger partial charge in [0.1, 0.15) is 0 Å². The molecule has 2 aliphatic heterocycles. The fourth-order valence-corrected chi connectivity index (χ4v) is 5.45. The van der Waals surface area contributed by atoms with Gasteiger partial charge in [-0.3, -0.25) is 9.59 Å². The first-order valence-electron chi connectivity index (χ1n) is 10.5. The number of nitrogens with one attached hydrogen (secondary N) is 1. The van der Waals surface area contributed by atoms with Crippen LogP contribution in [-0.2, 0) is 4.79 Å². The Morgan fingerprint density at radius 2 is 1.85 bits per heavy atom. The predicted molar refractivity (Wildman–Crippen MR) is 125 cm³/mol. The first kappa shape index (κ1) is 19.8. The normalized spacial score (nSPS) is 18.9. The van der Waals surface area contributed by atoms with Gasteiger partial charge in [0.05, 0.1) is 22.2 Å². The maximum atomic E-state index is 13.7. The molecule has 8 heteroatoms. The minimum absolute atomic E-state index is 0.127. The lowest BCUT2D eigenvalue weighted by Crippen LogP contribution is -2.44. The Bertz CT molecular complexity index is 1380. The summed E-state index contributed by atoms with van der Waals surface area (Å²) in [5.41, 5.74) is 2.86. The number of carbonyl (C=O) groups is 2. The van der Waals surface area contributed by atoms with Crippen molar-refractivity contribution in [3.8, 4) is 11.5 Å². The van der Waals surface area contributed by atoms with E-state index >= 15 is 0 Å². The molecule has 7 nitrogen and oxygen atoms in total. The van der Waals surface area contributed by atoms with Crippen molar-refractivity contribution in [2.75, 3.05) is 19.2 Å². The molecular formula is C25H19N3O4S. The summed E-state index contributed by atoms with van der Waals surface area (Å²) in [5.74, 6) is 0.286. The van der Waals surface area contributed by atoms with Gasteiger partial charge in [0.25, 0.3) is 5.91 Å². The van der Waals surface area contributed by atoms with Crippen LogP contribution in [0.5, 0.6) is 11.5 Å². The average molecular weight is 458 g/mol. The van der Waals surface area contributed by atoms with Crippen LogP contribution < -0.4 is 14.8 Å². The van der Waals surface area contributed by atoms with E-state index in [1.54, 1.807) is 18.0 Å². The average Bonchev–Trinajstić information content (AvgIpc) is 3.46. The van der Waals surface area contributed by atoms with Gasteiger partial charge in [-0.05, 0) is 41.5 Å². The summed E-state index contributed by atoms with van der Waals surface area (Å²) >= 11 is 1.43. The Balaban J connectivity index is 1.44. The smallest absolute Gasteiger partial charge is 0.254 e. The number of rotatable bonds is 3. The first-order chi connectivity index (χ1) is 16.1. The number of ether oxygens (including phenoxy) is 2. The maximum Gasteiger partial charge on any atom is 0.254 e. The third kappa shape index (κ3) is 3.22. The molecule has 0 aliphatic carbocycles. The minimum atomic E-state index is -0.628. The van der Waals surface area contributed by atoms with Gasteiger partial charge < -0.3 is 19.7 Å². The number of likely N-dealkylation sites (N-methyl/N-ethyl adjacent to an activating group) is 1. The zero-order valence-electron chi connectivity index (χ0n) is 17.6. The summed E-state index contributed by atoms with van der Waals surface area (Å²) in [5, 5.41) is 3.53. The summed E-state index contributed by atoms with van der Waals surface area (Å²) in [6.45, 7) is 0.155. The standard InChI is InChI=1S/C25H19N3O4S/c1-28-22(14-10-11-18-19(12-14)32-13-31-18)21(15-6-2-3-7-16(15)24(28)30)23(29)27-25-26-17-8-4-5-9-20(17)33-25/h2-12,21-22H,13H2,1H3,(H,26,27,29)/t21-,22+/m0/s1. The van der Waals surface area contributed by atoms with Crippen LogP contribution in [0.3, 0.4) is 0 Å². The van der Waals surface area contributed by atoms with E-state index in [1.807, 2.05) is 60.7 Å². The highest BCUT2D eigenvalue weighted by Crippen LogP contribution is 2.45. The minimum Gasteiger partial charge on any atom is -0.454 e. The molecule has 4 aromatic rings. The lowest BCUT2D eigenvalue weighted by Gasteiger charge is -2.39. The summed E-state index contributed by atoms with van der Waals surface area (Å²) in [7, 11) is 1.73. The van der Waals surface area contributed by atoms with Gasteiger partial charge in [-0.2, -0.15) is 0 Å². The van der Waals surface area contributed by atoms with E-state index < -0.39 is 12.0 Å². The van der Waals surface area contributed by atoms with Crippen LogP contribution in [0.1, 0.15) is 33.4 Å². The molecule has 1 N–H and O–H groups in total. The van der Waals surface area contributed by atoms with Crippen molar-refractivity contribution in [1.82, 2.24) is 9.88 Å². The maximum absolute atomic E-state index is 13.7. The molecule has 3 heterocycles. The molecular weight excluding hydrogens is 438 g/mol. The molecule has 0 radical (unpaired) electrons. The Morgan fingerprint density at radius 3 is 2.73 bits per heavy atom. The third-order valence-corrected chi connectivity index (χ3v) is 7.08. The van der Waals surface area contributed by atoms with E-state index in [4.69, 9.17) is 9.47 Å². The zero-order valence-corrected chi connectivity index (χ0v) is 18.5. The molecule has 6 rings (SSSR count). The fourth-order valence-electron chi connectivity index (χ4n) is 4.58. The molecule has 0 unspecified atom stereocenters. The van der Waals surface area contributed by atoms with E-state index in [0.29, 0.717) is 27.8 Å². The second-order valence-electron chi connectivity index (χ2n) is 8.01. The van der Waals surface area contributed by atoms with E-state index in [9.17, 15) is 9.59 Å². The van der Waals surface area contributed by atoms with Crippen LogP contribution in [0, 0.1) is 0 Å². The lowest BCUT2D eigenvalue weighted by atomic mass is 9.79.